The van der Waals surface area contributed by atoms with E-state index in [0.29, 0.717) is 22.6 Å². The Bertz CT molecular complexity index is 694. The molecule has 0 bridgehead atoms. The van der Waals surface area contributed by atoms with Gasteiger partial charge in [-0.05, 0) is 24.3 Å². The molecule has 0 aliphatic rings. The third-order valence-corrected chi connectivity index (χ3v) is 2.91. The average Bonchev–Trinajstić information content (AvgIpc) is 2.47. The van der Waals surface area contributed by atoms with E-state index in [9.17, 15) is 4.79 Å². The van der Waals surface area contributed by atoms with E-state index in [-0.39, 0.29) is 10.9 Å². The Balaban J connectivity index is 2.26. The minimum absolute atomic E-state index is 0.262. The van der Waals surface area contributed by atoms with Crippen LogP contribution in [0, 0.1) is 11.3 Å². The van der Waals surface area contributed by atoms with Gasteiger partial charge in [0.25, 0.3) is 5.91 Å². The van der Waals surface area contributed by atoms with Crippen LogP contribution < -0.4 is 10.6 Å². The monoisotopic (exact) mass is 286 g/mol. The molecule has 1 heterocycles. The van der Waals surface area contributed by atoms with Gasteiger partial charge in [-0.1, -0.05) is 17.7 Å². The molecule has 0 aliphatic heterocycles. The minimum Gasteiger partial charge on any atom is -0.373 e. The van der Waals surface area contributed by atoms with Gasteiger partial charge < -0.3 is 10.6 Å². The lowest BCUT2D eigenvalue weighted by atomic mass is 10.2. The van der Waals surface area contributed by atoms with Gasteiger partial charge in [-0.3, -0.25) is 4.79 Å². The van der Waals surface area contributed by atoms with E-state index >= 15 is 0 Å². The molecular weight excluding hydrogens is 276 g/mol. The molecule has 0 saturated carbocycles. The second-order valence-electron chi connectivity index (χ2n) is 3.95. The molecule has 0 spiro atoms. The van der Waals surface area contributed by atoms with Gasteiger partial charge in [0.2, 0.25) is 0 Å². The first kappa shape index (κ1) is 13.8. The number of halogens is 1. The van der Waals surface area contributed by atoms with Crippen molar-refractivity contribution in [1.82, 2.24) is 4.98 Å². The van der Waals surface area contributed by atoms with Crippen LogP contribution in [0.15, 0.2) is 36.5 Å². The topological polar surface area (TPSA) is 77.8 Å². The molecule has 1 aromatic carbocycles. The van der Waals surface area contributed by atoms with Crippen LogP contribution in [0.3, 0.4) is 0 Å². The number of hydrogen-bond acceptors (Lipinski definition) is 4. The minimum atomic E-state index is -0.357. The quantitative estimate of drug-likeness (QED) is 0.909. The first-order chi connectivity index (χ1) is 9.63. The van der Waals surface area contributed by atoms with Crippen LogP contribution in [-0.2, 0) is 0 Å². The maximum atomic E-state index is 12.2. The largest absolute Gasteiger partial charge is 0.373 e. The second-order valence-corrected chi connectivity index (χ2v) is 4.35. The summed E-state index contributed by atoms with van der Waals surface area (Å²) in [5.74, 6) is 0.189. The molecule has 0 unspecified atom stereocenters. The van der Waals surface area contributed by atoms with Gasteiger partial charge in [-0.2, -0.15) is 5.26 Å². The van der Waals surface area contributed by atoms with Crippen LogP contribution in [-0.4, -0.2) is 17.9 Å². The van der Waals surface area contributed by atoms with E-state index < -0.39 is 0 Å². The summed E-state index contributed by atoms with van der Waals surface area (Å²) in [5, 5.41) is 14.6. The molecule has 6 heteroatoms. The predicted octanol–water partition coefficient (Wildman–Crippen LogP) is 2.90. The molecule has 1 aromatic heterocycles. The fourth-order valence-corrected chi connectivity index (χ4v) is 1.80. The van der Waals surface area contributed by atoms with E-state index in [2.05, 4.69) is 15.6 Å². The van der Waals surface area contributed by atoms with Crippen molar-refractivity contribution in [3.63, 3.8) is 0 Å². The number of carbonyl (C=O) groups excluding carboxylic acids is 1. The highest BCUT2D eigenvalue weighted by Gasteiger charge is 2.12. The number of benzene rings is 1. The summed E-state index contributed by atoms with van der Waals surface area (Å²) >= 11 is 5.97. The van der Waals surface area contributed by atoms with E-state index in [1.807, 2.05) is 6.07 Å². The zero-order valence-corrected chi connectivity index (χ0v) is 11.4. The lowest BCUT2D eigenvalue weighted by Crippen LogP contribution is -2.13. The predicted molar refractivity (Wildman–Crippen MR) is 77.9 cm³/mol. The van der Waals surface area contributed by atoms with Crippen molar-refractivity contribution in [1.29, 1.82) is 5.26 Å². The van der Waals surface area contributed by atoms with Gasteiger partial charge in [-0.25, -0.2) is 4.98 Å². The maximum absolute atomic E-state index is 12.2. The number of hydrogen-bond donors (Lipinski definition) is 2. The first-order valence-electron chi connectivity index (χ1n) is 5.79. The highest BCUT2D eigenvalue weighted by Crippen LogP contribution is 2.20. The number of anilines is 2. The van der Waals surface area contributed by atoms with E-state index in [1.165, 1.54) is 6.20 Å². The summed E-state index contributed by atoms with van der Waals surface area (Å²) in [4.78, 5) is 16.2. The molecule has 100 valence electrons. The van der Waals surface area contributed by atoms with Crippen LogP contribution in [0.4, 0.5) is 11.5 Å². The molecule has 0 saturated heterocycles. The standard InChI is InChI=1S/C14H11ClN4O/c1-17-13-6-11(12(15)8-18-13)14(20)19-10-4-2-3-9(5-10)7-16/h2-6,8H,1H3,(H,17,18)(H,19,20). The van der Waals surface area contributed by atoms with Crippen LogP contribution in [0.2, 0.25) is 5.02 Å². The number of aromatic nitrogens is 1. The van der Waals surface area contributed by atoms with Gasteiger partial charge in [0.05, 0.1) is 22.2 Å². The van der Waals surface area contributed by atoms with Crippen LogP contribution in [0.25, 0.3) is 0 Å². The first-order valence-corrected chi connectivity index (χ1v) is 6.16. The van der Waals surface area contributed by atoms with Gasteiger partial charge >= 0.3 is 0 Å². The highest BCUT2D eigenvalue weighted by molar-refractivity contribution is 6.34. The summed E-state index contributed by atoms with van der Waals surface area (Å²) in [6.45, 7) is 0. The van der Waals surface area contributed by atoms with Crippen molar-refractivity contribution in [2.75, 3.05) is 17.7 Å². The van der Waals surface area contributed by atoms with Crippen LogP contribution >= 0.6 is 11.6 Å². The lowest BCUT2D eigenvalue weighted by molar-refractivity contribution is 0.102. The number of nitriles is 1. The van der Waals surface area contributed by atoms with E-state index in [4.69, 9.17) is 16.9 Å². The molecule has 2 rings (SSSR count). The zero-order chi connectivity index (χ0) is 14.5. The van der Waals surface area contributed by atoms with Gasteiger partial charge in [-0.15, -0.1) is 0 Å². The van der Waals surface area contributed by atoms with Crippen molar-refractivity contribution in [2.45, 2.75) is 0 Å². The van der Waals surface area contributed by atoms with Crippen LogP contribution in [0.1, 0.15) is 15.9 Å². The number of nitrogens with one attached hydrogen (secondary N) is 2. The van der Waals surface area contributed by atoms with Gasteiger partial charge in [0, 0.05) is 18.9 Å². The Hall–Kier alpha value is -2.58. The molecular formula is C14H11ClN4O. The third-order valence-electron chi connectivity index (χ3n) is 2.61. The molecule has 1 amide bonds. The number of rotatable bonds is 3. The number of nitrogens with zero attached hydrogens (tertiary/aromatic N) is 2. The summed E-state index contributed by atoms with van der Waals surface area (Å²) in [6.07, 6.45) is 1.41. The highest BCUT2D eigenvalue weighted by atomic mass is 35.5. The number of pyridine rings is 1. The van der Waals surface area contributed by atoms with Gasteiger partial charge in [0.15, 0.2) is 0 Å². The lowest BCUT2D eigenvalue weighted by Gasteiger charge is -2.08. The van der Waals surface area contributed by atoms with E-state index in [0.717, 1.165) is 0 Å². The summed E-state index contributed by atoms with van der Waals surface area (Å²) in [5.41, 5.74) is 1.32. The molecule has 20 heavy (non-hydrogen) atoms. The van der Waals surface area contributed by atoms with Crippen molar-refractivity contribution >= 4 is 29.0 Å². The summed E-state index contributed by atoms with van der Waals surface area (Å²) < 4.78 is 0. The number of amides is 1. The molecule has 0 fully saturated rings. The number of carbonyl (C=O) groups is 1. The van der Waals surface area contributed by atoms with Crippen molar-refractivity contribution in [2.24, 2.45) is 0 Å². The maximum Gasteiger partial charge on any atom is 0.257 e. The third kappa shape index (κ3) is 3.05. The normalized spacial score (nSPS) is 9.65. The van der Waals surface area contributed by atoms with Gasteiger partial charge in [0.1, 0.15) is 5.82 Å². The Morgan fingerprint density at radius 3 is 2.90 bits per heavy atom. The molecule has 0 radical (unpaired) electrons. The SMILES string of the molecule is CNc1cc(C(=O)Nc2cccc(C#N)c2)c(Cl)cn1. The van der Waals surface area contributed by atoms with Crippen LogP contribution in [0.5, 0.6) is 0 Å². The Labute approximate surface area is 121 Å². The smallest absolute Gasteiger partial charge is 0.257 e. The summed E-state index contributed by atoms with van der Waals surface area (Å²) in [7, 11) is 1.70. The fraction of sp³-hybridized carbons (Fsp3) is 0.0714. The second kappa shape index (κ2) is 6.04. The fourth-order valence-electron chi connectivity index (χ4n) is 1.61. The van der Waals surface area contributed by atoms with Crippen molar-refractivity contribution in [3.05, 3.63) is 52.7 Å². The van der Waals surface area contributed by atoms with Crippen molar-refractivity contribution in [3.8, 4) is 6.07 Å². The van der Waals surface area contributed by atoms with E-state index in [1.54, 1.807) is 37.4 Å². The molecule has 5 nitrogen and oxygen atoms in total. The zero-order valence-electron chi connectivity index (χ0n) is 10.6. The molecule has 2 aromatic rings. The average molecular weight is 287 g/mol. The Morgan fingerprint density at radius 1 is 1.40 bits per heavy atom. The summed E-state index contributed by atoms with van der Waals surface area (Å²) in [6, 6.07) is 10.2. The Morgan fingerprint density at radius 2 is 2.20 bits per heavy atom. The van der Waals surface area contributed by atoms with Crippen molar-refractivity contribution < 1.29 is 4.79 Å². The molecule has 0 aliphatic carbocycles. The molecule has 2 N–H and O–H groups in total. The molecule has 0 atom stereocenters. The Kier molecular flexibility index (Phi) is 4.18.